The molecule has 0 fully saturated rings. The van der Waals surface area contributed by atoms with Gasteiger partial charge < -0.3 is 5.32 Å². The molecule has 0 unspecified atom stereocenters. The summed E-state index contributed by atoms with van der Waals surface area (Å²) in [7, 11) is 0. The standard InChI is InChI=1S/C20H17Cl3N4OS/c1-3-8-27-19(14-7-5-4-6-12(14)2)25-26-20(27)29-11-17(28)24-18-15(22)9-13(21)10-16(18)23/h3-7,9-10H,1,8,11H2,2H3,(H,24,28). The van der Waals surface area contributed by atoms with Crippen molar-refractivity contribution in [2.45, 2.75) is 18.6 Å². The van der Waals surface area contributed by atoms with Gasteiger partial charge in [0.2, 0.25) is 5.91 Å². The molecule has 0 saturated heterocycles. The monoisotopic (exact) mass is 466 g/mol. The zero-order chi connectivity index (χ0) is 21.0. The van der Waals surface area contributed by atoms with E-state index in [0.717, 1.165) is 17.0 Å². The van der Waals surface area contributed by atoms with Crippen LogP contribution >= 0.6 is 46.6 Å². The molecular formula is C20H17Cl3N4OS. The van der Waals surface area contributed by atoms with Crippen LogP contribution in [0.4, 0.5) is 5.69 Å². The third kappa shape index (κ3) is 5.14. The molecule has 0 saturated carbocycles. The highest BCUT2D eigenvalue weighted by atomic mass is 35.5. The number of aromatic nitrogens is 3. The quantitative estimate of drug-likeness (QED) is 0.335. The van der Waals surface area contributed by atoms with Crippen LogP contribution in [0.3, 0.4) is 0 Å². The molecule has 1 aromatic heterocycles. The number of benzene rings is 2. The molecule has 0 aliphatic carbocycles. The van der Waals surface area contributed by atoms with Crippen LogP contribution in [0.2, 0.25) is 15.1 Å². The van der Waals surface area contributed by atoms with Crippen molar-refractivity contribution in [1.82, 2.24) is 14.8 Å². The molecule has 1 N–H and O–H groups in total. The van der Waals surface area contributed by atoms with E-state index < -0.39 is 0 Å². The molecule has 2 aromatic carbocycles. The lowest BCUT2D eigenvalue weighted by atomic mass is 10.1. The summed E-state index contributed by atoms with van der Waals surface area (Å²) in [5.41, 5.74) is 2.40. The SMILES string of the molecule is C=CCn1c(SCC(=O)Nc2c(Cl)cc(Cl)cc2Cl)nnc1-c1ccccc1C. The summed E-state index contributed by atoms with van der Waals surface area (Å²) < 4.78 is 1.93. The number of nitrogens with zero attached hydrogens (tertiary/aromatic N) is 3. The van der Waals surface area contributed by atoms with E-state index in [-0.39, 0.29) is 21.7 Å². The Balaban J connectivity index is 1.76. The van der Waals surface area contributed by atoms with Gasteiger partial charge in [0.05, 0.1) is 21.5 Å². The van der Waals surface area contributed by atoms with Gasteiger partial charge in [0.25, 0.3) is 0 Å². The zero-order valence-corrected chi connectivity index (χ0v) is 18.5. The van der Waals surface area contributed by atoms with E-state index in [1.54, 1.807) is 6.08 Å². The number of hydrogen-bond acceptors (Lipinski definition) is 4. The fourth-order valence-electron chi connectivity index (χ4n) is 2.68. The summed E-state index contributed by atoms with van der Waals surface area (Å²) >= 11 is 19.4. The summed E-state index contributed by atoms with van der Waals surface area (Å²) in [5, 5.41) is 12.9. The number of amides is 1. The number of nitrogens with one attached hydrogen (secondary N) is 1. The Morgan fingerprint density at radius 3 is 2.55 bits per heavy atom. The van der Waals surface area contributed by atoms with Crippen molar-refractivity contribution >= 4 is 58.2 Å². The Kier molecular flexibility index (Phi) is 7.24. The first-order valence-corrected chi connectivity index (χ1v) is 10.7. The second-order valence-corrected chi connectivity index (χ2v) is 8.30. The molecule has 1 amide bonds. The van der Waals surface area contributed by atoms with Gasteiger partial charge in [-0.1, -0.05) is 76.9 Å². The maximum absolute atomic E-state index is 12.4. The number of halogens is 3. The number of aryl methyl sites for hydroxylation is 1. The number of hydrogen-bond donors (Lipinski definition) is 1. The van der Waals surface area contributed by atoms with Crippen molar-refractivity contribution in [2.75, 3.05) is 11.1 Å². The Morgan fingerprint density at radius 1 is 1.21 bits per heavy atom. The highest BCUT2D eigenvalue weighted by molar-refractivity contribution is 7.99. The Labute approximate surface area is 188 Å². The number of anilines is 1. The van der Waals surface area contributed by atoms with Gasteiger partial charge in [0.1, 0.15) is 0 Å². The predicted octanol–water partition coefficient (Wildman–Crippen LogP) is 6.13. The minimum absolute atomic E-state index is 0.109. The highest BCUT2D eigenvalue weighted by Gasteiger charge is 2.17. The van der Waals surface area contributed by atoms with Gasteiger partial charge >= 0.3 is 0 Å². The summed E-state index contributed by atoms with van der Waals surface area (Å²) in [6.07, 6.45) is 1.77. The van der Waals surface area contributed by atoms with Crippen molar-refractivity contribution in [3.05, 3.63) is 69.7 Å². The van der Waals surface area contributed by atoms with E-state index in [9.17, 15) is 4.79 Å². The zero-order valence-electron chi connectivity index (χ0n) is 15.5. The number of allylic oxidation sites excluding steroid dienone is 1. The largest absolute Gasteiger partial charge is 0.323 e. The minimum atomic E-state index is -0.272. The minimum Gasteiger partial charge on any atom is -0.323 e. The fraction of sp³-hybridized carbons (Fsp3) is 0.150. The third-order valence-electron chi connectivity index (χ3n) is 4.02. The van der Waals surface area contributed by atoms with Gasteiger partial charge in [-0.2, -0.15) is 0 Å². The molecule has 0 spiro atoms. The maximum atomic E-state index is 12.4. The molecule has 5 nitrogen and oxygen atoms in total. The van der Waals surface area contributed by atoms with Gasteiger partial charge in [-0.15, -0.1) is 16.8 Å². The molecule has 0 aliphatic heterocycles. The number of carbonyl (C=O) groups excluding carboxylic acids is 1. The first kappa shape index (κ1) is 21.7. The van der Waals surface area contributed by atoms with Gasteiger partial charge in [0.15, 0.2) is 11.0 Å². The van der Waals surface area contributed by atoms with Crippen molar-refractivity contribution in [3.63, 3.8) is 0 Å². The maximum Gasteiger partial charge on any atom is 0.234 e. The van der Waals surface area contributed by atoms with Crippen LogP contribution in [0.1, 0.15) is 5.56 Å². The first-order valence-electron chi connectivity index (χ1n) is 8.58. The molecule has 3 aromatic rings. The molecule has 1 heterocycles. The molecule has 0 radical (unpaired) electrons. The van der Waals surface area contributed by atoms with E-state index >= 15 is 0 Å². The van der Waals surface area contributed by atoms with Crippen molar-refractivity contribution in [1.29, 1.82) is 0 Å². The van der Waals surface area contributed by atoms with Crippen molar-refractivity contribution in [2.24, 2.45) is 0 Å². The van der Waals surface area contributed by atoms with E-state index in [1.165, 1.54) is 23.9 Å². The first-order chi connectivity index (χ1) is 13.9. The van der Waals surface area contributed by atoms with E-state index in [2.05, 4.69) is 22.1 Å². The van der Waals surface area contributed by atoms with Gasteiger partial charge in [0, 0.05) is 17.1 Å². The van der Waals surface area contributed by atoms with Crippen molar-refractivity contribution in [3.8, 4) is 11.4 Å². The normalized spacial score (nSPS) is 10.8. The van der Waals surface area contributed by atoms with Gasteiger partial charge in [-0.25, -0.2) is 0 Å². The molecule has 0 aliphatic rings. The summed E-state index contributed by atoms with van der Waals surface area (Å²) in [5.74, 6) is 0.569. The van der Waals surface area contributed by atoms with Crippen LogP contribution < -0.4 is 5.32 Å². The van der Waals surface area contributed by atoms with E-state index in [1.807, 2.05) is 35.8 Å². The molecule has 0 bridgehead atoms. The third-order valence-corrected chi connectivity index (χ3v) is 5.80. The second kappa shape index (κ2) is 9.67. The molecule has 9 heteroatoms. The lowest BCUT2D eigenvalue weighted by Crippen LogP contribution is -2.15. The number of carbonyl (C=O) groups is 1. The lowest BCUT2D eigenvalue weighted by Gasteiger charge is -2.11. The van der Waals surface area contributed by atoms with Crippen LogP contribution in [0.25, 0.3) is 11.4 Å². The second-order valence-electron chi connectivity index (χ2n) is 6.10. The molecule has 150 valence electrons. The van der Waals surface area contributed by atoms with Gasteiger partial charge in [-0.05, 0) is 24.6 Å². The van der Waals surface area contributed by atoms with Crippen LogP contribution in [-0.4, -0.2) is 26.4 Å². The summed E-state index contributed by atoms with van der Waals surface area (Å²) in [6, 6.07) is 11.0. The molecular weight excluding hydrogens is 451 g/mol. The molecule has 0 atom stereocenters. The lowest BCUT2D eigenvalue weighted by molar-refractivity contribution is -0.113. The predicted molar refractivity (Wildman–Crippen MR) is 121 cm³/mol. The Hall–Kier alpha value is -1.99. The van der Waals surface area contributed by atoms with Crippen molar-refractivity contribution < 1.29 is 4.79 Å². The van der Waals surface area contributed by atoms with E-state index in [4.69, 9.17) is 34.8 Å². The Morgan fingerprint density at radius 2 is 1.90 bits per heavy atom. The van der Waals surface area contributed by atoms with Crippen LogP contribution in [0.5, 0.6) is 0 Å². The van der Waals surface area contributed by atoms with Crippen LogP contribution in [0.15, 0.2) is 54.2 Å². The number of rotatable bonds is 7. The summed E-state index contributed by atoms with van der Waals surface area (Å²) in [6.45, 7) is 6.35. The number of thioether (sulfide) groups is 1. The van der Waals surface area contributed by atoms with Crippen LogP contribution in [-0.2, 0) is 11.3 Å². The van der Waals surface area contributed by atoms with E-state index in [0.29, 0.717) is 22.4 Å². The van der Waals surface area contributed by atoms with Crippen LogP contribution in [0, 0.1) is 6.92 Å². The summed E-state index contributed by atoms with van der Waals surface area (Å²) in [4.78, 5) is 12.4. The Bertz CT molecular complexity index is 1040. The molecule has 29 heavy (non-hydrogen) atoms. The average molecular weight is 468 g/mol. The van der Waals surface area contributed by atoms with Gasteiger partial charge in [-0.3, -0.25) is 9.36 Å². The fourth-order valence-corrected chi connectivity index (χ4v) is 4.34. The molecule has 3 rings (SSSR count). The average Bonchev–Trinajstić information content (AvgIpc) is 3.06. The topological polar surface area (TPSA) is 59.8 Å². The highest BCUT2D eigenvalue weighted by Crippen LogP contribution is 2.34. The smallest absolute Gasteiger partial charge is 0.234 e.